The Morgan fingerprint density at radius 3 is 2.50 bits per heavy atom. The van der Waals surface area contributed by atoms with E-state index in [-0.39, 0.29) is 0 Å². The van der Waals surface area contributed by atoms with Gasteiger partial charge in [0.25, 0.3) is 0 Å². The van der Waals surface area contributed by atoms with Crippen molar-refractivity contribution in [2.75, 3.05) is 11.9 Å². The molecule has 20 heavy (non-hydrogen) atoms. The molecule has 0 spiro atoms. The fourth-order valence-corrected chi connectivity index (χ4v) is 3.05. The highest BCUT2D eigenvalue weighted by molar-refractivity contribution is 7.99. The second-order valence-electron chi connectivity index (χ2n) is 4.95. The number of aryl methyl sites for hydroxylation is 3. The van der Waals surface area contributed by atoms with Gasteiger partial charge in [0, 0.05) is 17.0 Å². The molecule has 0 aliphatic heterocycles. The van der Waals surface area contributed by atoms with E-state index < -0.39 is 0 Å². The highest BCUT2D eigenvalue weighted by Gasteiger charge is 2.11. The Hall–Kier alpha value is -1.55. The molecule has 0 unspecified atom stereocenters. The third kappa shape index (κ3) is 3.31. The minimum Gasteiger partial charge on any atom is -0.370 e. The lowest BCUT2D eigenvalue weighted by Crippen LogP contribution is -2.05. The molecule has 4 heteroatoms. The van der Waals surface area contributed by atoms with Crippen LogP contribution in [0.25, 0.3) is 0 Å². The average Bonchev–Trinajstić information content (AvgIpc) is 2.38. The van der Waals surface area contributed by atoms with Crippen LogP contribution in [0.5, 0.6) is 0 Å². The van der Waals surface area contributed by atoms with E-state index in [2.05, 4.69) is 61.2 Å². The summed E-state index contributed by atoms with van der Waals surface area (Å²) in [6.07, 6.45) is 0. The molecule has 1 N–H and O–H groups in total. The molecule has 2 aromatic rings. The fourth-order valence-electron chi connectivity index (χ4n) is 2.06. The van der Waals surface area contributed by atoms with Gasteiger partial charge in [-0.15, -0.1) is 0 Å². The third-order valence-electron chi connectivity index (χ3n) is 3.09. The van der Waals surface area contributed by atoms with E-state index in [1.54, 1.807) is 11.8 Å². The van der Waals surface area contributed by atoms with Gasteiger partial charge in [0.05, 0.1) is 0 Å². The Labute approximate surface area is 125 Å². The lowest BCUT2D eigenvalue weighted by Gasteiger charge is -2.12. The van der Waals surface area contributed by atoms with Crippen LogP contribution in [0.1, 0.15) is 29.4 Å². The van der Waals surface area contributed by atoms with Crippen molar-refractivity contribution in [2.24, 2.45) is 0 Å². The molecule has 3 nitrogen and oxygen atoms in total. The van der Waals surface area contributed by atoms with Crippen molar-refractivity contribution in [3.05, 3.63) is 40.7 Å². The van der Waals surface area contributed by atoms with E-state index in [0.29, 0.717) is 0 Å². The SMILES string of the molecule is CCNc1nc(C)nc(Sc2ccc(C)cc2C)c1C. The Balaban J connectivity index is 2.37. The molecule has 0 atom stereocenters. The lowest BCUT2D eigenvalue weighted by atomic mass is 10.2. The van der Waals surface area contributed by atoms with Gasteiger partial charge in [0.15, 0.2) is 0 Å². The highest BCUT2D eigenvalue weighted by Crippen LogP contribution is 2.33. The molecule has 0 amide bonds. The maximum Gasteiger partial charge on any atom is 0.133 e. The molecule has 0 aliphatic carbocycles. The molecular weight excluding hydrogens is 266 g/mol. The van der Waals surface area contributed by atoms with Gasteiger partial charge in [-0.1, -0.05) is 29.5 Å². The van der Waals surface area contributed by atoms with Gasteiger partial charge in [0.2, 0.25) is 0 Å². The number of hydrogen-bond donors (Lipinski definition) is 1. The first-order valence-electron chi connectivity index (χ1n) is 6.85. The molecule has 0 aliphatic rings. The van der Waals surface area contributed by atoms with Crippen molar-refractivity contribution in [3.63, 3.8) is 0 Å². The summed E-state index contributed by atoms with van der Waals surface area (Å²) in [5.41, 5.74) is 3.69. The summed E-state index contributed by atoms with van der Waals surface area (Å²) in [7, 11) is 0. The van der Waals surface area contributed by atoms with Gasteiger partial charge in [-0.25, -0.2) is 9.97 Å². The van der Waals surface area contributed by atoms with Crippen LogP contribution < -0.4 is 5.32 Å². The molecule has 1 aromatic carbocycles. The largest absolute Gasteiger partial charge is 0.370 e. The Kier molecular flexibility index (Phi) is 4.65. The summed E-state index contributed by atoms with van der Waals surface area (Å²) in [5, 5.41) is 4.33. The predicted octanol–water partition coefficient (Wildman–Crippen LogP) is 4.29. The second kappa shape index (κ2) is 6.27. The van der Waals surface area contributed by atoms with E-state index in [9.17, 15) is 0 Å². The number of rotatable bonds is 4. The van der Waals surface area contributed by atoms with Crippen LogP contribution in [0.2, 0.25) is 0 Å². The molecule has 0 radical (unpaired) electrons. The van der Waals surface area contributed by atoms with Crippen LogP contribution in [0.3, 0.4) is 0 Å². The van der Waals surface area contributed by atoms with Gasteiger partial charge in [-0.3, -0.25) is 0 Å². The lowest BCUT2D eigenvalue weighted by molar-refractivity contribution is 0.932. The van der Waals surface area contributed by atoms with E-state index >= 15 is 0 Å². The van der Waals surface area contributed by atoms with Crippen LogP contribution in [0, 0.1) is 27.7 Å². The van der Waals surface area contributed by atoms with Gasteiger partial charge in [-0.05, 0) is 46.2 Å². The topological polar surface area (TPSA) is 37.8 Å². The third-order valence-corrected chi connectivity index (χ3v) is 4.36. The molecule has 0 bridgehead atoms. The van der Waals surface area contributed by atoms with Crippen molar-refractivity contribution < 1.29 is 0 Å². The van der Waals surface area contributed by atoms with E-state index in [1.807, 2.05) is 6.92 Å². The van der Waals surface area contributed by atoms with Gasteiger partial charge >= 0.3 is 0 Å². The van der Waals surface area contributed by atoms with Crippen LogP contribution in [-0.2, 0) is 0 Å². The zero-order valence-electron chi connectivity index (χ0n) is 12.7. The summed E-state index contributed by atoms with van der Waals surface area (Å²) in [6.45, 7) is 11.2. The number of anilines is 1. The number of hydrogen-bond acceptors (Lipinski definition) is 4. The summed E-state index contributed by atoms with van der Waals surface area (Å²) >= 11 is 1.71. The molecule has 0 saturated heterocycles. The molecule has 2 rings (SSSR count). The van der Waals surface area contributed by atoms with Crippen molar-refractivity contribution in [3.8, 4) is 0 Å². The first-order valence-corrected chi connectivity index (χ1v) is 7.67. The van der Waals surface area contributed by atoms with Crippen LogP contribution in [0.15, 0.2) is 28.1 Å². The smallest absolute Gasteiger partial charge is 0.133 e. The van der Waals surface area contributed by atoms with Gasteiger partial charge < -0.3 is 5.32 Å². The van der Waals surface area contributed by atoms with E-state index in [0.717, 1.165) is 28.8 Å². The van der Waals surface area contributed by atoms with Gasteiger partial charge in [-0.2, -0.15) is 0 Å². The number of aromatic nitrogens is 2. The number of nitrogens with zero attached hydrogens (tertiary/aromatic N) is 2. The Morgan fingerprint density at radius 1 is 1.10 bits per heavy atom. The number of nitrogens with one attached hydrogen (secondary N) is 1. The maximum atomic E-state index is 4.59. The summed E-state index contributed by atoms with van der Waals surface area (Å²) < 4.78 is 0. The molecule has 1 heterocycles. The second-order valence-corrected chi connectivity index (χ2v) is 5.98. The normalized spacial score (nSPS) is 10.7. The summed E-state index contributed by atoms with van der Waals surface area (Å²) in [6, 6.07) is 6.51. The minimum atomic E-state index is 0.804. The number of benzene rings is 1. The van der Waals surface area contributed by atoms with Gasteiger partial charge in [0.1, 0.15) is 16.7 Å². The summed E-state index contributed by atoms with van der Waals surface area (Å²) in [5.74, 6) is 1.74. The zero-order chi connectivity index (χ0) is 14.7. The molecule has 106 valence electrons. The Morgan fingerprint density at radius 2 is 1.85 bits per heavy atom. The molecule has 0 fully saturated rings. The van der Waals surface area contributed by atoms with E-state index in [1.165, 1.54) is 16.0 Å². The van der Waals surface area contributed by atoms with Crippen molar-refractivity contribution in [2.45, 2.75) is 44.5 Å². The van der Waals surface area contributed by atoms with Crippen LogP contribution >= 0.6 is 11.8 Å². The molecular formula is C16H21N3S. The van der Waals surface area contributed by atoms with Crippen molar-refractivity contribution in [1.29, 1.82) is 0 Å². The van der Waals surface area contributed by atoms with Crippen LogP contribution in [-0.4, -0.2) is 16.5 Å². The average molecular weight is 287 g/mol. The standard InChI is InChI=1S/C16H21N3S/c1-6-17-15-12(4)16(19-13(5)18-15)20-14-8-7-10(2)9-11(14)3/h7-9H,6H2,1-5H3,(H,17,18,19). The van der Waals surface area contributed by atoms with Crippen molar-refractivity contribution >= 4 is 17.6 Å². The predicted molar refractivity (Wildman–Crippen MR) is 85.7 cm³/mol. The quantitative estimate of drug-likeness (QED) is 0.851. The maximum absolute atomic E-state index is 4.59. The fraction of sp³-hybridized carbons (Fsp3) is 0.375. The zero-order valence-corrected chi connectivity index (χ0v) is 13.6. The van der Waals surface area contributed by atoms with Crippen molar-refractivity contribution in [1.82, 2.24) is 9.97 Å². The monoisotopic (exact) mass is 287 g/mol. The molecule has 0 saturated carbocycles. The van der Waals surface area contributed by atoms with E-state index in [4.69, 9.17) is 0 Å². The minimum absolute atomic E-state index is 0.804. The van der Waals surface area contributed by atoms with Crippen LogP contribution in [0.4, 0.5) is 5.82 Å². The summed E-state index contributed by atoms with van der Waals surface area (Å²) in [4.78, 5) is 10.3. The first-order chi connectivity index (χ1) is 9.51. The first kappa shape index (κ1) is 14.9. The molecule has 1 aromatic heterocycles. The Bertz CT molecular complexity index is 623. The highest BCUT2D eigenvalue weighted by atomic mass is 32.2.